The number of aryl methyl sites for hydroxylation is 1. The number of nitrogens with zero attached hydrogens (tertiary/aromatic N) is 2. The summed E-state index contributed by atoms with van der Waals surface area (Å²) in [5.74, 6) is 1.71. The summed E-state index contributed by atoms with van der Waals surface area (Å²) in [5.41, 5.74) is 2.38. The first-order valence-corrected chi connectivity index (χ1v) is 7.60. The van der Waals surface area contributed by atoms with Gasteiger partial charge in [-0.05, 0) is 50.3 Å². The lowest BCUT2D eigenvalue weighted by Gasteiger charge is -2.34. The van der Waals surface area contributed by atoms with Crippen molar-refractivity contribution >= 4 is 17.4 Å². The zero-order valence-corrected chi connectivity index (χ0v) is 12.2. The second-order valence-electron chi connectivity index (χ2n) is 5.25. The SMILES string of the molecule is CCCc1cc(CCl)cc(N2CCCCC2C)n1. The number of rotatable bonds is 4. The molecule has 1 aliphatic rings. The van der Waals surface area contributed by atoms with Crippen LogP contribution in [0.4, 0.5) is 5.82 Å². The lowest BCUT2D eigenvalue weighted by Crippen LogP contribution is -2.38. The quantitative estimate of drug-likeness (QED) is 0.761. The molecule has 1 unspecified atom stereocenters. The molecule has 1 saturated heterocycles. The zero-order chi connectivity index (χ0) is 13.0. The van der Waals surface area contributed by atoms with Gasteiger partial charge in [0.15, 0.2) is 0 Å². The number of hydrogen-bond acceptors (Lipinski definition) is 2. The molecule has 0 amide bonds. The molecule has 0 aliphatic carbocycles. The number of piperidine rings is 1. The number of pyridine rings is 1. The molecule has 1 aromatic heterocycles. The second-order valence-corrected chi connectivity index (χ2v) is 5.51. The third-order valence-electron chi connectivity index (χ3n) is 3.68. The molecule has 0 saturated carbocycles. The fourth-order valence-corrected chi connectivity index (χ4v) is 2.83. The van der Waals surface area contributed by atoms with Crippen molar-refractivity contribution in [2.45, 2.75) is 57.9 Å². The highest BCUT2D eigenvalue weighted by atomic mass is 35.5. The number of halogens is 1. The van der Waals surface area contributed by atoms with Crippen LogP contribution in [0, 0.1) is 0 Å². The Kier molecular flexibility index (Phi) is 4.87. The summed E-state index contributed by atoms with van der Waals surface area (Å²) >= 11 is 6.00. The van der Waals surface area contributed by atoms with Gasteiger partial charge in [0.1, 0.15) is 5.82 Å². The summed E-state index contributed by atoms with van der Waals surface area (Å²) < 4.78 is 0. The van der Waals surface area contributed by atoms with Crippen LogP contribution >= 0.6 is 11.6 Å². The van der Waals surface area contributed by atoms with Crippen LogP contribution in [0.5, 0.6) is 0 Å². The third kappa shape index (κ3) is 3.17. The van der Waals surface area contributed by atoms with Gasteiger partial charge in [-0.15, -0.1) is 11.6 Å². The van der Waals surface area contributed by atoms with Crippen LogP contribution in [0.15, 0.2) is 12.1 Å². The van der Waals surface area contributed by atoms with Crippen LogP contribution in [0.2, 0.25) is 0 Å². The molecule has 3 heteroatoms. The van der Waals surface area contributed by atoms with Gasteiger partial charge in [0.2, 0.25) is 0 Å². The van der Waals surface area contributed by atoms with Gasteiger partial charge in [0.25, 0.3) is 0 Å². The van der Waals surface area contributed by atoms with Crippen LogP contribution in [0.1, 0.15) is 50.8 Å². The largest absolute Gasteiger partial charge is 0.354 e. The maximum absolute atomic E-state index is 6.00. The van der Waals surface area contributed by atoms with Gasteiger partial charge in [-0.2, -0.15) is 0 Å². The molecule has 1 fully saturated rings. The molecule has 0 N–H and O–H groups in total. The van der Waals surface area contributed by atoms with Crippen LogP contribution in [-0.2, 0) is 12.3 Å². The Labute approximate surface area is 115 Å². The highest BCUT2D eigenvalue weighted by molar-refractivity contribution is 6.17. The van der Waals surface area contributed by atoms with E-state index in [2.05, 4.69) is 30.9 Å². The van der Waals surface area contributed by atoms with Crippen LogP contribution in [-0.4, -0.2) is 17.6 Å². The topological polar surface area (TPSA) is 16.1 Å². The van der Waals surface area contributed by atoms with E-state index >= 15 is 0 Å². The Morgan fingerprint density at radius 1 is 1.39 bits per heavy atom. The molecule has 1 atom stereocenters. The molecule has 0 bridgehead atoms. The van der Waals surface area contributed by atoms with Crippen LogP contribution < -0.4 is 4.90 Å². The molecule has 18 heavy (non-hydrogen) atoms. The van der Waals surface area contributed by atoms with Crippen molar-refractivity contribution in [3.8, 4) is 0 Å². The van der Waals surface area contributed by atoms with Crippen LogP contribution in [0.3, 0.4) is 0 Å². The van der Waals surface area contributed by atoms with E-state index in [1.54, 1.807) is 0 Å². The van der Waals surface area contributed by atoms with Gasteiger partial charge in [-0.25, -0.2) is 4.98 Å². The smallest absolute Gasteiger partial charge is 0.129 e. The number of aromatic nitrogens is 1. The van der Waals surface area contributed by atoms with Crippen LogP contribution in [0.25, 0.3) is 0 Å². The van der Waals surface area contributed by atoms with Crippen molar-refractivity contribution in [3.63, 3.8) is 0 Å². The minimum atomic E-state index is 0.578. The minimum absolute atomic E-state index is 0.578. The highest BCUT2D eigenvalue weighted by Crippen LogP contribution is 2.25. The Morgan fingerprint density at radius 2 is 2.22 bits per heavy atom. The molecule has 0 radical (unpaired) electrons. The Morgan fingerprint density at radius 3 is 2.89 bits per heavy atom. The van der Waals surface area contributed by atoms with Gasteiger partial charge < -0.3 is 4.90 Å². The molecule has 0 aromatic carbocycles. The summed E-state index contributed by atoms with van der Waals surface area (Å²) in [4.78, 5) is 7.26. The normalized spacial score (nSPS) is 20.2. The van der Waals surface area contributed by atoms with E-state index in [0.717, 1.165) is 25.2 Å². The lowest BCUT2D eigenvalue weighted by molar-refractivity contribution is 0.480. The van der Waals surface area contributed by atoms with Crippen molar-refractivity contribution in [2.24, 2.45) is 0 Å². The predicted octanol–water partition coefficient (Wildman–Crippen LogP) is 4.15. The first kappa shape index (κ1) is 13.7. The summed E-state index contributed by atoms with van der Waals surface area (Å²) in [7, 11) is 0. The fourth-order valence-electron chi connectivity index (χ4n) is 2.68. The van der Waals surface area contributed by atoms with E-state index < -0.39 is 0 Å². The van der Waals surface area contributed by atoms with Gasteiger partial charge >= 0.3 is 0 Å². The number of anilines is 1. The minimum Gasteiger partial charge on any atom is -0.354 e. The predicted molar refractivity (Wildman–Crippen MR) is 78.4 cm³/mol. The molecule has 100 valence electrons. The first-order valence-electron chi connectivity index (χ1n) is 7.07. The third-order valence-corrected chi connectivity index (χ3v) is 3.99. The maximum atomic E-state index is 6.00. The molecular weight excluding hydrogens is 244 g/mol. The van der Waals surface area contributed by atoms with Crippen molar-refractivity contribution < 1.29 is 0 Å². The molecular formula is C15H23ClN2. The molecule has 0 spiro atoms. The number of hydrogen-bond donors (Lipinski definition) is 0. The molecule has 2 nitrogen and oxygen atoms in total. The van der Waals surface area contributed by atoms with Gasteiger partial charge in [0.05, 0.1) is 0 Å². The Bertz CT molecular complexity index is 392. The van der Waals surface area contributed by atoms with E-state index in [1.807, 2.05) is 0 Å². The van der Waals surface area contributed by atoms with Crippen molar-refractivity contribution in [3.05, 3.63) is 23.4 Å². The van der Waals surface area contributed by atoms with Crippen molar-refractivity contribution in [1.82, 2.24) is 4.98 Å². The summed E-state index contributed by atoms with van der Waals surface area (Å²) in [6.45, 7) is 5.62. The van der Waals surface area contributed by atoms with Gasteiger partial charge in [0, 0.05) is 24.2 Å². The first-order chi connectivity index (χ1) is 8.74. The van der Waals surface area contributed by atoms with E-state index in [1.165, 1.54) is 30.5 Å². The molecule has 1 aliphatic heterocycles. The second kappa shape index (κ2) is 6.42. The van der Waals surface area contributed by atoms with Gasteiger partial charge in [-0.3, -0.25) is 0 Å². The molecule has 2 heterocycles. The Hall–Kier alpha value is -0.760. The van der Waals surface area contributed by atoms with E-state index in [0.29, 0.717) is 11.9 Å². The standard InChI is InChI=1S/C15H23ClN2/c1-3-6-14-9-13(11-16)10-15(17-14)18-8-5-4-7-12(18)2/h9-10,12H,3-8,11H2,1-2H3. The number of alkyl halides is 1. The average Bonchev–Trinajstić information content (AvgIpc) is 2.39. The highest BCUT2D eigenvalue weighted by Gasteiger charge is 2.20. The lowest BCUT2D eigenvalue weighted by atomic mass is 10.0. The summed E-state index contributed by atoms with van der Waals surface area (Å²) in [6, 6.07) is 4.91. The Balaban J connectivity index is 2.27. The van der Waals surface area contributed by atoms with E-state index in [4.69, 9.17) is 16.6 Å². The van der Waals surface area contributed by atoms with E-state index in [-0.39, 0.29) is 0 Å². The average molecular weight is 267 g/mol. The van der Waals surface area contributed by atoms with Crippen molar-refractivity contribution in [1.29, 1.82) is 0 Å². The van der Waals surface area contributed by atoms with E-state index in [9.17, 15) is 0 Å². The maximum Gasteiger partial charge on any atom is 0.129 e. The summed E-state index contributed by atoms with van der Waals surface area (Å²) in [5, 5.41) is 0. The fraction of sp³-hybridized carbons (Fsp3) is 0.667. The monoisotopic (exact) mass is 266 g/mol. The molecule has 1 aromatic rings. The summed E-state index contributed by atoms with van der Waals surface area (Å²) in [6.07, 6.45) is 6.07. The molecule has 2 rings (SSSR count). The zero-order valence-electron chi connectivity index (χ0n) is 11.5. The van der Waals surface area contributed by atoms with Gasteiger partial charge in [-0.1, -0.05) is 13.3 Å². The van der Waals surface area contributed by atoms with Crippen molar-refractivity contribution in [2.75, 3.05) is 11.4 Å².